The van der Waals surface area contributed by atoms with Gasteiger partial charge >= 0.3 is 0 Å². The molecule has 6 heteroatoms. The molecular weight excluding hydrogens is 273 g/mol. The smallest absolute Gasteiger partial charge is 0.242 e. The first-order valence-electron chi connectivity index (χ1n) is 7.15. The van der Waals surface area contributed by atoms with Gasteiger partial charge in [0.1, 0.15) is 11.9 Å². The number of rotatable bonds is 5. The summed E-state index contributed by atoms with van der Waals surface area (Å²) < 4.78 is 19.5. The second-order valence-electron chi connectivity index (χ2n) is 5.46. The van der Waals surface area contributed by atoms with E-state index in [0.717, 1.165) is 0 Å². The molecule has 0 radical (unpaired) electrons. The van der Waals surface area contributed by atoms with E-state index >= 15 is 0 Å². The van der Waals surface area contributed by atoms with Crippen molar-refractivity contribution in [2.75, 3.05) is 24.7 Å². The van der Waals surface area contributed by atoms with E-state index in [2.05, 4.69) is 5.32 Å². The fourth-order valence-electron chi connectivity index (χ4n) is 2.43. The Morgan fingerprint density at radius 2 is 2.33 bits per heavy atom. The third-order valence-electron chi connectivity index (χ3n) is 3.55. The van der Waals surface area contributed by atoms with Gasteiger partial charge in [-0.2, -0.15) is 0 Å². The van der Waals surface area contributed by atoms with Crippen LogP contribution in [0.5, 0.6) is 0 Å². The highest BCUT2D eigenvalue weighted by Gasteiger charge is 2.29. The number of anilines is 1. The number of primary amides is 1. The molecule has 1 fully saturated rings. The highest BCUT2D eigenvalue weighted by Crippen LogP contribution is 2.26. The van der Waals surface area contributed by atoms with Crippen LogP contribution in [0.4, 0.5) is 10.1 Å². The lowest BCUT2D eigenvalue weighted by Gasteiger charge is -2.36. The van der Waals surface area contributed by atoms with Crippen molar-refractivity contribution >= 4 is 11.6 Å². The van der Waals surface area contributed by atoms with Crippen molar-refractivity contribution < 1.29 is 13.9 Å². The molecule has 1 atom stereocenters. The van der Waals surface area contributed by atoms with Crippen LogP contribution in [0.2, 0.25) is 0 Å². The summed E-state index contributed by atoms with van der Waals surface area (Å²) in [5, 5.41) is 3.21. The molecule has 0 aromatic heterocycles. The quantitative estimate of drug-likeness (QED) is 0.851. The Balaban J connectivity index is 2.32. The third-order valence-corrected chi connectivity index (χ3v) is 3.55. The highest BCUT2D eigenvalue weighted by atomic mass is 19.1. The number of carbonyl (C=O) groups excluding carboxylic acids is 1. The summed E-state index contributed by atoms with van der Waals surface area (Å²) in [6.45, 7) is 5.66. The van der Waals surface area contributed by atoms with Crippen LogP contribution in [-0.2, 0) is 16.1 Å². The van der Waals surface area contributed by atoms with E-state index in [0.29, 0.717) is 30.9 Å². The second kappa shape index (κ2) is 6.87. The van der Waals surface area contributed by atoms with Crippen LogP contribution >= 0.6 is 0 Å². The van der Waals surface area contributed by atoms with Crippen molar-refractivity contribution in [1.82, 2.24) is 5.32 Å². The SMILES string of the molecule is CC(C)NCc1c(F)cccc1N1CCOCC1C(N)=O. The molecule has 1 aromatic carbocycles. The molecule has 1 aromatic rings. The van der Waals surface area contributed by atoms with Gasteiger partial charge in [-0.15, -0.1) is 0 Å². The Morgan fingerprint density at radius 1 is 1.57 bits per heavy atom. The molecular formula is C15H22FN3O2. The lowest BCUT2D eigenvalue weighted by atomic mass is 10.1. The molecule has 1 amide bonds. The van der Waals surface area contributed by atoms with Crippen LogP contribution in [0.15, 0.2) is 18.2 Å². The average molecular weight is 295 g/mol. The van der Waals surface area contributed by atoms with Crippen molar-refractivity contribution in [1.29, 1.82) is 0 Å². The number of benzene rings is 1. The summed E-state index contributed by atoms with van der Waals surface area (Å²) in [7, 11) is 0. The standard InChI is InChI=1S/C15H22FN3O2/c1-10(2)18-8-11-12(16)4-3-5-13(11)19-6-7-21-9-14(19)15(17)20/h3-5,10,14,18H,6-9H2,1-2H3,(H2,17,20). The molecule has 1 unspecified atom stereocenters. The number of hydrogen-bond acceptors (Lipinski definition) is 4. The second-order valence-corrected chi connectivity index (χ2v) is 5.46. The van der Waals surface area contributed by atoms with E-state index in [1.54, 1.807) is 6.07 Å². The van der Waals surface area contributed by atoms with Crippen LogP contribution in [-0.4, -0.2) is 37.7 Å². The predicted octanol–water partition coefficient (Wildman–Crippen LogP) is 1.01. The lowest BCUT2D eigenvalue weighted by Crippen LogP contribution is -2.53. The molecule has 0 saturated carbocycles. The largest absolute Gasteiger partial charge is 0.377 e. The molecule has 5 nitrogen and oxygen atoms in total. The first kappa shape index (κ1) is 15.7. The van der Waals surface area contributed by atoms with E-state index in [1.807, 2.05) is 24.8 Å². The van der Waals surface area contributed by atoms with Gasteiger partial charge < -0.3 is 20.7 Å². The number of morpholine rings is 1. The van der Waals surface area contributed by atoms with Crippen LogP contribution in [0.3, 0.4) is 0 Å². The van der Waals surface area contributed by atoms with Gasteiger partial charge in [-0.05, 0) is 12.1 Å². The summed E-state index contributed by atoms with van der Waals surface area (Å²) in [6.07, 6.45) is 0. The number of halogens is 1. The number of amides is 1. The molecule has 3 N–H and O–H groups in total. The monoisotopic (exact) mass is 295 g/mol. The summed E-state index contributed by atoms with van der Waals surface area (Å²) in [5.74, 6) is -0.739. The van der Waals surface area contributed by atoms with Gasteiger partial charge in [0.05, 0.1) is 13.2 Å². The number of ether oxygens (including phenoxy) is 1. The van der Waals surface area contributed by atoms with Gasteiger partial charge in [0.2, 0.25) is 5.91 Å². The number of nitrogens with one attached hydrogen (secondary N) is 1. The van der Waals surface area contributed by atoms with E-state index in [4.69, 9.17) is 10.5 Å². The maximum atomic E-state index is 14.2. The zero-order valence-electron chi connectivity index (χ0n) is 12.4. The Hall–Kier alpha value is -1.66. The lowest BCUT2D eigenvalue weighted by molar-refractivity contribution is -0.121. The van der Waals surface area contributed by atoms with Crippen molar-refractivity contribution in [3.8, 4) is 0 Å². The van der Waals surface area contributed by atoms with Crippen LogP contribution in [0.25, 0.3) is 0 Å². The van der Waals surface area contributed by atoms with Gasteiger partial charge in [0.15, 0.2) is 0 Å². The minimum absolute atomic E-state index is 0.239. The van der Waals surface area contributed by atoms with Crippen molar-refractivity contribution in [2.45, 2.75) is 32.5 Å². The summed E-state index contributed by atoms with van der Waals surface area (Å²) in [4.78, 5) is 13.4. The van der Waals surface area contributed by atoms with Crippen molar-refractivity contribution in [3.63, 3.8) is 0 Å². The molecule has 1 aliphatic heterocycles. The van der Waals surface area contributed by atoms with E-state index in [9.17, 15) is 9.18 Å². The first-order chi connectivity index (χ1) is 10.0. The normalized spacial score (nSPS) is 19.0. The van der Waals surface area contributed by atoms with Gasteiger partial charge in [0.25, 0.3) is 0 Å². The van der Waals surface area contributed by atoms with E-state index in [1.165, 1.54) is 6.07 Å². The molecule has 1 heterocycles. The molecule has 0 bridgehead atoms. The number of carbonyl (C=O) groups is 1. The molecule has 0 spiro atoms. The van der Waals surface area contributed by atoms with Crippen molar-refractivity contribution in [2.24, 2.45) is 5.73 Å². The van der Waals surface area contributed by atoms with Crippen molar-refractivity contribution in [3.05, 3.63) is 29.6 Å². The maximum Gasteiger partial charge on any atom is 0.242 e. The van der Waals surface area contributed by atoms with Gasteiger partial charge in [-0.3, -0.25) is 4.79 Å². The topological polar surface area (TPSA) is 67.6 Å². The Kier molecular flexibility index (Phi) is 5.14. The molecule has 1 aliphatic rings. The van der Waals surface area contributed by atoms with Crippen LogP contribution in [0.1, 0.15) is 19.4 Å². The Labute approximate surface area is 124 Å². The Morgan fingerprint density at radius 3 is 3.00 bits per heavy atom. The summed E-state index contributed by atoms with van der Waals surface area (Å²) in [6, 6.07) is 4.59. The van der Waals surface area contributed by atoms with Crippen LogP contribution < -0.4 is 16.0 Å². The predicted molar refractivity (Wildman–Crippen MR) is 79.5 cm³/mol. The minimum Gasteiger partial charge on any atom is -0.377 e. The van der Waals surface area contributed by atoms with Gasteiger partial charge in [-0.1, -0.05) is 19.9 Å². The number of nitrogens with two attached hydrogens (primary N) is 1. The van der Waals surface area contributed by atoms with Crippen LogP contribution in [0, 0.1) is 5.82 Å². The highest BCUT2D eigenvalue weighted by molar-refractivity contribution is 5.84. The van der Waals surface area contributed by atoms with E-state index < -0.39 is 11.9 Å². The first-order valence-corrected chi connectivity index (χ1v) is 7.15. The van der Waals surface area contributed by atoms with Gasteiger partial charge in [-0.25, -0.2) is 4.39 Å². The molecule has 1 saturated heterocycles. The summed E-state index contributed by atoms with van der Waals surface area (Å²) in [5.41, 5.74) is 6.69. The number of hydrogen-bond donors (Lipinski definition) is 2. The fourth-order valence-corrected chi connectivity index (χ4v) is 2.43. The average Bonchev–Trinajstić information content (AvgIpc) is 2.45. The molecule has 116 valence electrons. The van der Waals surface area contributed by atoms with E-state index in [-0.39, 0.29) is 18.5 Å². The molecule has 21 heavy (non-hydrogen) atoms. The molecule has 2 rings (SSSR count). The summed E-state index contributed by atoms with van der Waals surface area (Å²) >= 11 is 0. The zero-order chi connectivity index (χ0) is 15.4. The minimum atomic E-state index is -0.557. The maximum absolute atomic E-state index is 14.2. The fraction of sp³-hybridized carbons (Fsp3) is 0.533. The Bertz CT molecular complexity index is 508. The third kappa shape index (κ3) is 3.71. The molecule has 0 aliphatic carbocycles. The van der Waals surface area contributed by atoms with Gasteiger partial charge in [0, 0.05) is 30.4 Å². The zero-order valence-corrected chi connectivity index (χ0v) is 12.4. The number of nitrogens with zero attached hydrogens (tertiary/aromatic N) is 1.